The SMILES string of the molecule is COc1cc(Cl)c(C)cc1Nc1nccc(Nc2cccc(C#N)c2)n1. The molecule has 0 aliphatic carbocycles. The summed E-state index contributed by atoms with van der Waals surface area (Å²) in [4.78, 5) is 8.68. The number of anilines is 4. The lowest BCUT2D eigenvalue weighted by Crippen LogP contribution is -2.02. The molecule has 6 nitrogen and oxygen atoms in total. The Morgan fingerprint density at radius 2 is 2.00 bits per heavy atom. The molecule has 0 aliphatic rings. The van der Waals surface area contributed by atoms with Crippen LogP contribution in [0.3, 0.4) is 0 Å². The zero-order valence-electron chi connectivity index (χ0n) is 14.2. The average Bonchev–Trinajstić information content (AvgIpc) is 2.65. The van der Waals surface area contributed by atoms with Crippen LogP contribution in [0.1, 0.15) is 11.1 Å². The summed E-state index contributed by atoms with van der Waals surface area (Å²) in [5, 5.41) is 15.9. The topological polar surface area (TPSA) is 82.9 Å². The smallest absolute Gasteiger partial charge is 0.229 e. The maximum Gasteiger partial charge on any atom is 0.229 e. The minimum absolute atomic E-state index is 0.409. The van der Waals surface area contributed by atoms with E-state index in [4.69, 9.17) is 21.6 Å². The maximum absolute atomic E-state index is 8.99. The molecule has 130 valence electrons. The number of halogens is 1. The van der Waals surface area contributed by atoms with E-state index < -0.39 is 0 Å². The van der Waals surface area contributed by atoms with Crippen LogP contribution in [0.4, 0.5) is 23.1 Å². The van der Waals surface area contributed by atoms with Gasteiger partial charge in [0.05, 0.1) is 24.4 Å². The second-order valence-electron chi connectivity index (χ2n) is 5.51. The second-order valence-corrected chi connectivity index (χ2v) is 5.92. The summed E-state index contributed by atoms with van der Waals surface area (Å²) in [5.41, 5.74) is 2.98. The van der Waals surface area contributed by atoms with Gasteiger partial charge in [0.15, 0.2) is 0 Å². The molecule has 2 N–H and O–H groups in total. The zero-order valence-corrected chi connectivity index (χ0v) is 15.0. The monoisotopic (exact) mass is 365 g/mol. The van der Waals surface area contributed by atoms with Gasteiger partial charge in [-0.25, -0.2) is 4.98 Å². The van der Waals surface area contributed by atoms with Crippen molar-refractivity contribution in [2.45, 2.75) is 6.92 Å². The van der Waals surface area contributed by atoms with Crippen LogP contribution in [0.5, 0.6) is 5.75 Å². The molecule has 2 aromatic carbocycles. The fourth-order valence-corrected chi connectivity index (χ4v) is 2.51. The van der Waals surface area contributed by atoms with E-state index in [1.807, 2.05) is 25.1 Å². The van der Waals surface area contributed by atoms with Crippen LogP contribution in [-0.2, 0) is 0 Å². The fraction of sp³-hybridized carbons (Fsp3) is 0.105. The minimum Gasteiger partial charge on any atom is -0.495 e. The highest BCUT2D eigenvalue weighted by atomic mass is 35.5. The molecule has 1 heterocycles. The number of aromatic nitrogens is 2. The molecule has 0 aliphatic heterocycles. The second kappa shape index (κ2) is 7.72. The van der Waals surface area contributed by atoms with Crippen LogP contribution in [-0.4, -0.2) is 17.1 Å². The summed E-state index contributed by atoms with van der Waals surface area (Å²) in [5.74, 6) is 1.61. The van der Waals surface area contributed by atoms with Crippen molar-refractivity contribution in [3.63, 3.8) is 0 Å². The van der Waals surface area contributed by atoms with Crippen LogP contribution in [0.15, 0.2) is 48.7 Å². The van der Waals surface area contributed by atoms with Crippen molar-refractivity contribution >= 4 is 34.7 Å². The number of rotatable bonds is 5. The molecule has 3 rings (SSSR count). The Morgan fingerprint density at radius 1 is 1.15 bits per heavy atom. The standard InChI is InChI=1S/C19H16ClN5O/c1-12-8-16(17(26-2)10-15(12)20)24-19-22-7-6-18(25-19)23-14-5-3-4-13(9-14)11-21/h3-10H,1-2H3,(H2,22,23,24,25). The summed E-state index contributed by atoms with van der Waals surface area (Å²) < 4.78 is 5.36. The summed E-state index contributed by atoms with van der Waals surface area (Å²) in [6.07, 6.45) is 1.64. The van der Waals surface area contributed by atoms with Gasteiger partial charge in [0.25, 0.3) is 0 Å². The van der Waals surface area contributed by atoms with Gasteiger partial charge in [0.1, 0.15) is 11.6 Å². The third-order valence-corrected chi connectivity index (χ3v) is 4.05. The Bertz CT molecular complexity index is 984. The number of nitrogens with one attached hydrogen (secondary N) is 2. The van der Waals surface area contributed by atoms with Crippen molar-refractivity contribution in [2.24, 2.45) is 0 Å². The predicted octanol–water partition coefficient (Wildman–Crippen LogP) is 4.81. The van der Waals surface area contributed by atoms with Gasteiger partial charge in [-0.05, 0) is 42.8 Å². The molecule has 3 aromatic rings. The Balaban J connectivity index is 1.84. The van der Waals surface area contributed by atoms with Crippen molar-refractivity contribution in [1.29, 1.82) is 5.26 Å². The van der Waals surface area contributed by atoms with Crippen molar-refractivity contribution in [2.75, 3.05) is 17.7 Å². The quantitative estimate of drug-likeness (QED) is 0.675. The van der Waals surface area contributed by atoms with Gasteiger partial charge in [-0.3, -0.25) is 0 Å². The number of ether oxygens (including phenoxy) is 1. The molecule has 0 bridgehead atoms. The first kappa shape index (κ1) is 17.5. The number of hydrogen-bond donors (Lipinski definition) is 2. The van der Waals surface area contributed by atoms with E-state index in [1.165, 1.54) is 0 Å². The van der Waals surface area contributed by atoms with E-state index in [0.29, 0.717) is 28.1 Å². The predicted molar refractivity (Wildman–Crippen MR) is 102 cm³/mol. The summed E-state index contributed by atoms with van der Waals surface area (Å²) in [7, 11) is 1.58. The van der Waals surface area contributed by atoms with Gasteiger partial charge in [0, 0.05) is 23.0 Å². The zero-order chi connectivity index (χ0) is 18.5. The van der Waals surface area contributed by atoms with E-state index in [9.17, 15) is 0 Å². The van der Waals surface area contributed by atoms with Crippen LogP contribution < -0.4 is 15.4 Å². The normalized spacial score (nSPS) is 10.1. The molecule has 1 aromatic heterocycles. The molecular formula is C19H16ClN5O. The van der Waals surface area contributed by atoms with E-state index in [-0.39, 0.29) is 0 Å². The van der Waals surface area contributed by atoms with Crippen LogP contribution in [0.25, 0.3) is 0 Å². The Kier molecular flexibility index (Phi) is 5.20. The molecule has 0 saturated heterocycles. The molecule has 0 fully saturated rings. The highest BCUT2D eigenvalue weighted by Gasteiger charge is 2.09. The van der Waals surface area contributed by atoms with Crippen LogP contribution in [0.2, 0.25) is 5.02 Å². The summed E-state index contributed by atoms with van der Waals surface area (Å²) >= 11 is 6.14. The third-order valence-electron chi connectivity index (χ3n) is 3.65. The van der Waals surface area contributed by atoms with Gasteiger partial charge < -0.3 is 15.4 Å². The molecule has 0 radical (unpaired) electrons. The molecule has 0 amide bonds. The first-order valence-electron chi connectivity index (χ1n) is 7.80. The van der Waals surface area contributed by atoms with Gasteiger partial charge in [-0.15, -0.1) is 0 Å². The molecule has 0 atom stereocenters. The number of hydrogen-bond acceptors (Lipinski definition) is 6. The molecule has 7 heteroatoms. The van der Waals surface area contributed by atoms with Gasteiger partial charge >= 0.3 is 0 Å². The number of aryl methyl sites for hydroxylation is 1. The number of methoxy groups -OCH3 is 1. The molecular weight excluding hydrogens is 350 g/mol. The molecule has 0 unspecified atom stereocenters. The minimum atomic E-state index is 0.409. The van der Waals surface area contributed by atoms with Crippen LogP contribution in [0, 0.1) is 18.3 Å². The molecule has 26 heavy (non-hydrogen) atoms. The lowest BCUT2D eigenvalue weighted by molar-refractivity contribution is 0.416. The lowest BCUT2D eigenvalue weighted by Gasteiger charge is -2.13. The summed E-state index contributed by atoms with van der Waals surface area (Å²) in [6, 6.07) is 14.6. The Hall–Kier alpha value is -3.30. The Morgan fingerprint density at radius 3 is 2.77 bits per heavy atom. The van der Waals surface area contributed by atoms with Gasteiger partial charge in [-0.2, -0.15) is 10.2 Å². The number of nitrogens with zero attached hydrogens (tertiary/aromatic N) is 3. The van der Waals surface area contributed by atoms with E-state index in [0.717, 1.165) is 16.9 Å². The highest BCUT2D eigenvalue weighted by Crippen LogP contribution is 2.32. The highest BCUT2D eigenvalue weighted by molar-refractivity contribution is 6.31. The average molecular weight is 366 g/mol. The summed E-state index contributed by atoms with van der Waals surface area (Å²) in [6.45, 7) is 1.91. The number of benzene rings is 2. The third kappa shape index (κ3) is 4.02. The lowest BCUT2D eigenvalue weighted by atomic mass is 10.2. The van der Waals surface area contributed by atoms with E-state index in [1.54, 1.807) is 37.6 Å². The van der Waals surface area contributed by atoms with E-state index in [2.05, 4.69) is 26.7 Å². The van der Waals surface area contributed by atoms with E-state index >= 15 is 0 Å². The molecule has 0 saturated carbocycles. The van der Waals surface area contributed by atoms with Crippen molar-refractivity contribution in [3.8, 4) is 11.8 Å². The van der Waals surface area contributed by atoms with Gasteiger partial charge in [0.2, 0.25) is 5.95 Å². The van der Waals surface area contributed by atoms with Crippen molar-refractivity contribution in [1.82, 2.24) is 9.97 Å². The Labute approximate surface area is 156 Å². The maximum atomic E-state index is 8.99. The fourth-order valence-electron chi connectivity index (χ4n) is 2.35. The van der Waals surface area contributed by atoms with Crippen molar-refractivity contribution < 1.29 is 4.74 Å². The first-order chi connectivity index (χ1) is 12.6. The largest absolute Gasteiger partial charge is 0.495 e. The first-order valence-corrected chi connectivity index (χ1v) is 8.18. The number of nitriles is 1. The van der Waals surface area contributed by atoms with Crippen LogP contribution >= 0.6 is 11.6 Å². The van der Waals surface area contributed by atoms with Gasteiger partial charge in [-0.1, -0.05) is 17.7 Å². The molecule has 0 spiro atoms. The van der Waals surface area contributed by atoms with Crippen molar-refractivity contribution in [3.05, 3.63) is 64.8 Å².